The van der Waals surface area contributed by atoms with Crippen molar-refractivity contribution in [3.05, 3.63) is 23.8 Å². The summed E-state index contributed by atoms with van der Waals surface area (Å²) in [6.07, 6.45) is 4.39. The van der Waals surface area contributed by atoms with Gasteiger partial charge in [0.25, 0.3) is 5.91 Å². The van der Waals surface area contributed by atoms with Gasteiger partial charge in [0.05, 0.1) is 7.11 Å². The molecule has 2 N–H and O–H groups in total. The zero-order valence-electron chi connectivity index (χ0n) is 13.5. The third-order valence-corrected chi connectivity index (χ3v) is 4.67. The molecule has 0 aromatic heterocycles. The Bertz CT molecular complexity index is 516. The van der Waals surface area contributed by atoms with E-state index in [1.54, 1.807) is 25.3 Å². The van der Waals surface area contributed by atoms with Crippen LogP contribution in [0.4, 0.5) is 5.69 Å². The lowest BCUT2D eigenvalue weighted by Gasteiger charge is -2.38. The van der Waals surface area contributed by atoms with Crippen LogP contribution in [0.25, 0.3) is 0 Å². The highest BCUT2D eigenvalue weighted by Crippen LogP contribution is 2.37. The van der Waals surface area contributed by atoms with E-state index in [1.165, 1.54) is 0 Å². The highest BCUT2D eigenvalue weighted by atomic mass is 16.5. The maximum atomic E-state index is 12.8. The SMILES string of the molecule is COc1cccc(N)c1C(=O)N(C)C1CCC(C)(C)CC1. The lowest BCUT2D eigenvalue weighted by Crippen LogP contribution is -2.41. The van der Waals surface area contributed by atoms with E-state index in [9.17, 15) is 4.79 Å². The van der Waals surface area contributed by atoms with Gasteiger partial charge in [0.2, 0.25) is 0 Å². The first-order chi connectivity index (χ1) is 9.85. The predicted molar refractivity (Wildman–Crippen MR) is 85.5 cm³/mol. The second kappa shape index (κ2) is 5.96. The minimum Gasteiger partial charge on any atom is -0.496 e. The third-order valence-electron chi connectivity index (χ3n) is 4.67. The average Bonchev–Trinajstić information content (AvgIpc) is 2.45. The van der Waals surface area contributed by atoms with Crippen molar-refractivity contribution in [2.75, 3.05) is 19.9 Å². The molecule has 2 rings (SSSR count). The molecule has 0 bridgehead atoms. The van der Waals surface area contributed by atoms with Crippen molar-refractivity contribution in [2.24, 2.45) is 5.41 Å². The maximum absolute atomic E-state index is 12.8. The number of anilines is 1. The minimum atomic E-state index is -0.0466. The first kappa shape index (κ1) is 15.7. The van der Waals surface area contributed by atoms with Crippen LogP contribution in [-0.2, 0) is 0 Å². The molecular formula is C17H26N2O2. The van der Waals surface area contributed by atoms with Gasteiger partial charge in [-0.3, -0.25) is 4.79 Å². The van der Waals surface area contributed by atoms with Crippen molar-refractivity contribution in [2.45, 2.75) is 45.6 Å². The standard InChI is InChI=1S/C17H26N2O2/c1-17(2)10-8-12(9-11-17)19(3)16(20)15-13(18)6-5-7-14(15)21-4/h5-7,12H,8-11,18H2,1-4H3. The fourth-order valence-corrected chi connectivity index (χ4v) is 3.06. The number of ether oxygens (including phenoxy) is 1. The molecule has 1 aliphatic rings. The Labute approximate surface area is 127 Å². The van der Waals surface area contributed by atoms with Gasteiger partial charge in [-0.15, -0.1) is 0 Å². The van der Waals surface area contributed by atoms with Gasteiger partial charge in [0.1, 0.15) is 11.3 Å². The van der Waals surface area contributed by atoms with E-state index >= 15 is 0 Å². The van der Waals surface area contributed by atoms with Crippen LogP contribution in [0, 0.1) is 5.41 Å². The molecule has 1 fully saturated rings. The molecule has 0 atom stereocenters. The average molecular weight is 290 g/mol. The lowest BCUT2D eigenvalue weighted by atomic mass is 9.75. The minimum absolute atomic E-state index is 0.0466. The molecule has 0 aliphatic heterocycles. The Kier molecular flexibility index (Phi) is 4.45. The molecule has 116 valence electrons. The highest BCUT2D eigenvalue weighted by molar-refractivity contribution is 6.01. The van der Waals surface area contributed by atoms with Crippen molar-refractivity contribution >= 4 is 11.6 Å². The summed E-state index contributed by atoms with van der Waals surface area (Å²) in [5.74, 6) is 0.498. The van der Waals surface area contributed by atoms with Gasteiger partial charge in [0.15, 0.2) is 0 Å². The van der Waals surface area contributed by atoms with Gasteiger partial charge >= 0.3 is 0 Å². The molecule has 1 aromatic rings. The lowest BCUT2D eigenvalue weighted by molar-refractivity contribution is 0.0633. The first-order valence-corrected chi connectivity index (χ1v) is 7.55. The number of nitrogens with two attached hydrogens (primary N) is 1. The molecule has 21 heavy (non-hydrogen) atoms. The zero-order chi connectivity index (χ0) is 15.6. The van der Waals surface area contributed by atoms with Gasteiger partial charge in [-0.2, -0.15) is 0 Å². The zero-order valence-corrected chi connectivity index (χ0v) is 13.5. The molecule has 0 spiro atoms. The Morgan fingerprint density at radius 1 is 1.33 bits per heavy atom. The van der Waals surface area contributed by atoms with Crippen LogP contribution in [0.3, 0.4) is 0 Å². The fraction of sp³-hybridized carbons (Fsp3) is 0.588. The molecule has 0 unspecified atom stereocenters. The van der Waals surface area contributed by atoms with Crippen LogP contribution >= 0.6 is 0 Å². The fourth-order valence-electron chi connectivity index (χ4n) is 3.06. The number of hydrogen-bond acceptors (Lipinski definition) is 3. The highest BCUT2D eigenvalue weighted by Gasteiger charge is 2.32. The van der Waals surface area contributed by atoms with Crippen LogP contribution in [0.2, 0.25) is 0 Å². The molecule has 1 amide bonds. The smallest absolute Gasteiger partial charge is 0.259 e. The van der Waals surface area contributed by atoms with E-state index in [2.05, 4.69) is 13.8 Å². The van der Waals surface area contributed by atoms with Crippen LogP contribution < -0.4 is 10.5 Å². The number of methoxy groups -OCH3 is 1. The van der Waals surface area contributed by atoms with Crippen LogP contribution in [0.1, 0.15) is 49.9 Å². The summed E-state index contributed by atoms with van der Waals surface area (Å²) in [6.45, 7) is 4.59. The summed E-state index contributed by atoms with van der Waals surface area (Å²) >= 11 is 0. The molecule has 1 aliphatic carbocycles. The maximum Gasteiger partial charge on any atom is 0.259 e. The second-order valence-electron chi connectivity index (χ2n) is 6.74. The number of carbonyl (C=O) groups excluding carboxylic acids is 1. The molecule has 4 heteroatoms. The summed E-state index contributed by atoms with van der Waals surface area (Å²) in [6, 6.07) is 5.61. The number of nitrogens with zero attached hydrogens (tertiary/aromatic N) is 1. The topological polar surface area (TPSA) is 55.6 Å². The number of hydrogen-bond donors (Lipinski definition) is 1. The molecule has 4 nitrogen and oxygen atoms in total. The summed E-state index contributed by atoms with van der Waals surface area (Å²) < 4.78 is 5.29. The van der Waals surface area contributed by atoms with Crippen molar-refractivity contribution in [3.8, 4) is 5.75 Å². The Morgan fingerprint density at radius 3 is 2.52 bits per heavy atom. The molecule has 1 saturated carbocycles. The van der Waals surface area contributed by atoms with E-state index in [4.69, 9.17) is 10.5 Å². The largest absolute Gasteiger partial charge is 0.496 e. The van der Waals surface area contributed by atoms with E-state index < -0.39 is 0 Å². The summed E-state index contributed by atoms with van der Waals surface area (Å²) in [7, 11) is 3.44. The van der Waals surface area contributed by atoms with E-state index in [0.29, 0.717) is 22.4 Å². The molecule has 0 saturated heterocycles. The monoisotopic (exact) mass is 290 g/mol. The number of nitrogen functional groups attached to an aromatic ring is 1. The van der Waals surface area contributed by atoms with Gasteiger partial charge in [-0.1, -0.05) is 19.9 Å². The number of benzene rings is 1. The molecular weight excluding hydrogens is 264 g/mol. The van der Waals surface area contributed by atoms with Gasteiger partial charge in [-0.05, 0) is 43.2 Å². The number of carbonyl (C=O) groups is 1. The second-order valence-corrected chi connectivity index (χ2v) is 6.74. The van der Waals surface area contributed by atoms with Gasteiger partial charge in [-0.25, -0.2) is 0 Å². The summed E-state index contributed by atoms with van der Waals surface area (Å²) in [5.41, 5.74) is 7.33. The number of rotatable bonds is 3. The van der Waals surface area contributed by atoms with Crippen molar-refractivity contribution in [1.29, 1.82) is 0 Å². The molecule has 1 aromatic carbocycles. The summed E-state index contributed by atoms with van der Waals surface area (Å²) in [4.78, 5) is 14.6. The first-order valence-electron chi connectivity index (χ1n) is 7.55. The normalized spacial score (nSPS) is 18.3. The molecule has 0 radical (unpaired) electrons. The van der Waals surface area contributed by atoms with Crippen LogP contribution in [0.5, 0.6) is 5.75 Å². The Hall–Kier alpha value is -1.71. The number of amides is 1. The van der Waals surface area contributed by atoms with Crippen molar-refractivity contribution < 1.29 is 9.53 Å². The van der Waals surface area contributed by atoms with E-state index in [0.717, 1.165) is 25.7 Å². The van der Waals surface area contributed by atoms with Gasteiger partial charge < -0.3 is 15.4 Å². The predicted octanol–water partition coefficient (Wildman–Crippen LogP) is 3.32. The quantitative estimate of drug-likeness (QED) is 0.869. The Morgan fingerprint density at radius 2 is 1.95 bits per heavy atom. The van der Waals surface area contributed by atoms with E-state index in [1.807, 2.05) is 11.9 Å². The van der Waals surface area contributed by atoms with E-state index in [-0.39, 0.29) is 11.9 Å². The van der Waals surface area contributed by atoms with Crippen molar-refractivity contribution in [3.63, 3.8) is 0 Å². The summed E-state index contributed by atoms with van der Waals surface area (Å²) in [5, 5.41) is 0. The van der Waals surface area contributed by atoms with Gasteiger partial charge in [0, 0.05) is 18.8 Å². The molecule has 0 heterocycles. The van der Waals surface area contributed by atoms with Crippen LogP contribution in [0.15, 0.2) is 18.2 Å². The van der Waals surface area contributed by atoms with Crippen LogP contribution in [-0.4, -0.2) is 31.0 Å². The van der Waals surface area contributed by atoms with Crippen molar-refractivity contribution in [1.82, 2.24) is 4.90 Å². The third kappa shape index (κ3) is 3.31. The Balaban J connectivity index is 2.17.